The Morgan fingerprint density at radius 2 is 2.30 bits per heavy atom. The summed E-state index contributed by atoms with van der Waals surface area (Å²) in [5.74, 6) is 0.999. The number of thiophene rings is 1. The molecule has 0 bridgehead atoms. The van der Waals surface area contributed by atoms with Crippen molar-refractivity contribution in [2.75, 3.05) is 20.2 Å². The first-order valence-corrected chi connectivity index (χ1v) is 8.50. The number of methoxy groups -OCH3 is 1. The van der Waals surface area contributed by atoms with E-state index in [1.807, 2.05) is 21.7 Å². The molecule has 1 saturated heterocycles. The molecule has 3 heterocycles. The number of likely N-dealkylation sites (tertiary alicyclic amines) is 1. The monoisotopic (exact) mass is 333 g/mol. The van der Waals surface area contributed by atoms with Gasteiger partial charge in [0.2, 0.25) is 17.7 Å². The maximum Gasteiger partial charge on any atom is 0.235 e. The van der Waals surface area contributed by atoms with E-state index in [0.717, 1.165) is 24.9 Å². The number of piperidine rings is 1. The summed E-state index contributed by atoms with van der Waals surface area (Å²) < 4.78 is 10.9. The van der Waals surface area contributed by atoms with Crippen LogP contribution in [0.4, 0.5) is 0 Å². The van der Waals surface area contributed by atoms with Crippen LogP contribution in [0.1, 0.15) is 18.4 Å². The third kappa shape index (κ3) is 4.19. The van der Waals surface area contributed by atoms with Gasteiger partial charge in [0.05, 0.1) is 32.5 Å². The quantitative estimate of drug-likeness (QED) is 0.839. The summed E-state index contributed by atoms with van der Waals surface area (Å²) in [6, 6.07) is 1.99. The van der Waals surface area contributed by atoms with Crippen molar-refractivity contribution in [2.45, 2.75) is 25.4 Å². The first kappa shape index (κ1) is 15.7. The number of amides is 1. The van der Waals surface area contributed by atoms with Crippen molar-refractivity contribution < 1.29 is 14.3 Å². The molecule has 1 atom stereocenters. The fraction of sp³-hybridized carbons (Fsp3) is 0.438. The minimum absolute atomic E-state index is 0.0587. The Hall–Kier alpha value is -2.15. The van der Waals surface area contributed by atoms with E-state index in [4.69, 9.17) is 9.47 Å². The van der Waals surface area contributed by atoms with Gasteiger partial charge in [-0.2, -0.15) is 16.3 Å². The molecule has 7 heteroatoms. The molecule has 0 unspecified atom stereocenters. The highest BCUT2D eigenvalue weighted by atomic mass is 32.1. The molecule has 3 rings (SSSR count). The van der Waals surface area contributed by atoms with Crippen molar-refractivity contribution >= 4 is 17.2 Å². The molecule has 1 amide bonds. The predicted molar refractivity (Wildman–Crippen MR) is 86.8 cm³/mol. The van der Waals surface area contributed by atoms with Crippen LogP contribution in [0.25, 0.3) is 0 Å². The fourth-order valence-corrected chi connectivity index (χ4v) is 3.27. The van der Waals surface area contributed by atoms with Crippen LogP contribution in [0.2, 0.25) is 0 Å². The number of rotatable bonds is 5. The number of hydrogen-bond acceptors (Lipinski definition) is 6. The third-order valence-electron chi connectivity index (χ3n) is 3.75. The Balaban J connectivity index is 1.58. The van der Waals surface area contributed by atoms with Crippen molar-refractivity contribution in [2.24, 2.45) is 0 Å². The van der Waals surface area contributed by atoms with Crippen LogP contribution in [-0.4, -0.2) is 47.1 Å². The van der Waals surface area contributed by atoms with Gasteiger partial charge in [0, 0.05) is 6.54 Å². The van der Waals surface area contributed by atoms with Crippen molar-refractivity contribution in [3.05, 3.63) is 34.8 Å². The Morgan fingerprint density at radius 3 is 3.09 bits per heavy atom. The third-order valence-corrected chi connectivity index (χ3v) is 4.49. The molecule has 0 radical (unpaired) electrons. The fourth-order valence-electron chi connectivity index (χ4n) is 2.60. The van der Waals surface area contributed by atoms with Crippen LogP contribution in [0.15, 0.2) is 29.2 Å². The van der Waals surface area contributed by atoms with Gasteiger partial charge in [-0.15, -0.1) is 0 Å². The topological polar surface area (TPSA) is 64.6 Å². The number of ether oxygens (including phenoxy) is 2. The van der Waals surface area contributed by atoms with Crippen LogP contribution < -0.4 is 9.47 Å². The van der Waals surface area contributed by atoms with Gasteiger partial charge in [-0.25, -0.2) is 0 Å². The number of nitrogens with zero attached hydrogens (tertiary/aromatic N) is 3. The van der Waals surface area contributed by atoms with Crippen LogP contribution in [0.5, 0.6) is 11.8 Å². The van der Waals surface area contributed by atoms with Gasteiger partial charge >= 0.3 is 0 Å². The molecule has 1 aliphatic rings. The zero-order valence-electron chi connectivity index (χ0n) is 13.0. The minimum atomic E-state index is -0.0587. The summed E-state index contributed by atoms with van der Waals surface area (Å²) >= 11 is 1.61. The van der Waals surface area contributed by atoms with E-state index in [0.29, 0.717) is 24.7 Å². The Labute approximate surface area is 139 Å². The van der Waals surface area contributed by atoms with Gasteiger partial charge in [-0.1, -0.05) is 0 Å². The summed E-state index contributed by atoms with van der Waals surface area (Å²) in [7, 11) is 1.54. The van der Waals surface area contributed by atoms with Gasteiger partial charge in [-0.3, -0.25) is 9.78 Å². The number of carbonyl (C=O) groups is 1. The normalized spacial score (nSPS) is 17.8. The van der Waals surface area contributed by atoms with Gasteiger partial charge in [0.25, 0.3) is 0 Å². The molecule has 2 aromatic heterocycles. The summed E-state index contributed by atoms with van der Waals surface area (Å²) in [5.41, 5.74) is 1.07. The van der Waals surface area contributed by atoms with Crippen LogP contribution in [0, 0.1) is 0 Å². The molecule has 6 nitrogen and oxygen atoms in total. The van der Waals surface area contributed by atoms with E-state index in [-0.39, 0.29) is 12.0 Å². The van der Waals surface area contributed by atoms with Crippen LogP contribution in [-0.2, 0) is 11.2 Å². The number of hydrogen-bond donors (Lipinski definition) is 0. The maximum atomic E-state index is 12.4. The molecule has 0 aliphatic carbocycles. The van der Waals surface area contributed by atoms with Crippen molar-refractivity contribution in [1.29, 1.82) is 0 Å². The Kier molecular flexibility index (Phi) is 5.07. The minimum Gasteiger partial charge on any atom is -0.480 e. The van der Waals surface area contributed by atoms with Gasteiger partial charge < -0.3 is 14.4 Å². The van der Waals surface area contributed by atoms with Crippen molar-refractivity contribution in [3.8, 4) is 11.8 Å². The van der Waals surface area contributed by atoms with Gasteiger partial charge in [0.1, 0.15) is 6.10 Å². The average Bonchev–Trinajstić information content (AvgIpc) is 3.08. The molecule has 0 saturated carbocycles. The molecule has 0 N–H and O–H groups in total. The number of aromatic nitrogens is 2. The lowest BCUT2D eigenvalue weighted by molar-refractivity contribution is -0.133. The molecular weight excluding hydrogens is 314 g/mol. The molecular formula is C16H19N3O3S. The molecule has 0 spiro atoms. The van der Waals surface area contributed by atoms with E-state index in [1.54, 1.807) is 24.6 Å². The highest BCUT2D eigenvalue weighted by Crippen LogP contribution is 2.19. The first-order valence-electron chi connectivity index (χ1n) is 7.56. The van der Waals surface area contributed by atoms with E-state index < -0.39 is 0 Å². The van der Waals surface area contributed by atoms with E-state index in [9.17, 15) is 4.79 Å². The lowest BCUT2D eigenvalue weighted by atomic mass is 10.1. The first-order chi connectivity index (χ1) is 11.2. The molecule has 122 valence electrons. The molecule has 1 fully saturated rings. The zero-order valence-corrected chi connectivity index (χ0v) is 13.8. The second-order valence-corrected chi connectivity index (χ2v) is 6.21. The van der Waals surface area contributed by atoms with Crippen LogP contribution >= 0.6 is 11.3 Å². The van der Waals surface area contributed by atoms with E-state index >= 15 is 0 Å². The van der Waals surface area contributed by atoms with E-state index in [1.165, 1.54) is 6.20 Å². The molecule has 2 aromatic rings. The molecule has 1 aliphatic heterocycles. The average molecular weight is 333 g/mol. The SMILES string of the molecule is COc1cncc(O[C@H]2CCCN(C(=O)Cc3ccsc3)C2)n1. The Morgan fingerprint density at radius 1 is 1.43 bits per heavy atom. The zero-order chi connectivity index (χ0) is 16.1. The molecule has 0 aromatic carbocycles. The summed E-state index contributed by atoms with van der Waals surface area (Å²) in [4.78, 5) is 22.5. The summed E-state index contributed by atoms with van der Waals surface area (Å²) in [6.07, 6.45) is 5.32. The lowest BCUT2D eigenvalue weighted by Crippen LogP contribution is -2.45. The van der Waals surface area contributed by atoms with Gasteiger partial charge in [-0.05, 0) is 35.2 Å². The lowest BCUT2D eigenvalue weighted by Gasteiger charge is -2.32. The predicted octanol–water partition coefficient (Wildman–Crippen LogP) is 2.16. The largest absolute Gasteiger partial charge is 0.480 e. The van der Waals surface area contributed by atoms with Crippen molar-refractivity contribution in [1.82, 2.24) is 14.9 Å². The van der Waals surface area contributed by atoms with Crippen molar-refractivity contribution in [3.63, 3.8) is 0 Å². The second kappa shape index (κ2) is 7.41. The Bertz CT molecular complexity index is 648. The van der Waals surface area contributed by atoms with E-state index in [2.05, 4.69) is 9.97 Å². The number of carbonyl (C=O) groups excluding carboxylic acids is 1. The standard InChI is InChI=1S/C16H19N3O3S/c1-21-14-8-17-9-15(18-14)22-13-3-2-5-19(10-13)16(20)7-12-4-6-23-11-12/h4,6,8-9,11,13H,2-3,5,7,10H2,1H3/t13-/m0/s1. The summed E-state index contributed by atoms with van der Waals surface area (Å²) in [6.45, 7) is 1.37. The second-order valence-electron chi connectivity index (χ2n) is 5.43. The summed E-state index contributed by atoms with van der Waals surface area (Å²) in [5, 5.41) is 4.01. The highest BCUT2D eigenvalue weighted by Gasteiger charge is 2.25. The van der Waals surface area contributed by atoms with Gasteiger partial charge in [0.15, 0.2) is 0 Å². The molecule has 23 heavy (non-hydrogen) atoms. The highest BCUT2D eigenvalue weighted by molar-refractivity contribution is 7.07. The maximum absolute atomic E-state index is 12.4. The smallest absolute Gasteiger partial charge is 0.235 e. The van der Waals surface area contributed by atoms with Crippen LogP contribution in [0.3, 0.4) is 0 Å².